The number of ether oxygens (including phenoxy) is 1. The summed E-state index contributed by atoms with van der Waals surface area (Å²) in [4.78, 5) is 0. The molecule has 18 heavy (non-hydrogen) atoms. The summed E-state index contributed by atoms with van der Waals surface area (Å²) in [5.41, 5.74) is 1.01. The molecule has 0 saturated carbocycles. The zero-order valence-electron chi connectivity index (χ0n) is 10.7. The van der Waals surface area contributed by atoms with Crippen LogP contribution < -0.4 is 5.32 Å². The quantitative estimate of drug-likeness (QED) is 0.904. The van der Waals surface area contributed by atoms with Crippen molar-refractivity contribution in [2.75, 3.05) is 13.2 Å². The molecule has 0 aromatic heterocycles. The van der Waals surface area contributed by atoms with E-state index in [9.17, 15) is 4.39 Å². The first-order valence-electron chi connectivity index (χ1n) is 6.38. The predicted molar refractivity (Wildman–Crippen MR) is 71.3 cm³/mol. The maximum absolute atomic E-state index is 13.1. The number of halogens is 2. The van der Waals surface area contributed by atoms with E-state index in [2.05, 4.69) is 19.2 Å². The zero-order chi connectivity index (χ0) is 13.1. The van der Waals surface area contributed by atoms with Crippen LogP contribution in [-0.2, 0) is 4.74 Å². The standard InChI is InChI=1S/C14H19ClFNO/c1-9(11-3-4-14(16)13(15)7-11)17-8-12-5-6-18-10(12)2/h3-4,7,9-10,12,17H,5-6,8H2,1-2H3. The third kappa shape index (κ3) is 3.22. The Morgan fingerprint density at radius 2 is 2.33 bits per heavy atom. The SMILES string of the molecule is CC(NCC1CCOC1C)c1ccc(F)c(Cl)c1. The van der Waals surface area contributed by atoms with Crippen molar-refractivity contribution < 1.29 is 9.13 Å². The molecule has 0 aliphatic carbocycles. The minimum atomic E-state index is -0.370. The van der Waals surface area contributed by atoms with Crippen molar-refractivity contribution in [2.45, 2.75) is 32.4 Å². The van der Waals surface area contributed by atoms with Gasteiger partial charge in [-0.3, -0.25) is 0 Å². The van der Waals surface area contributed by atoms with Gasteiger partial charge in [-0.05, 0) is 43.9 Å². The lowest BCUT2D eigenvalue weighted by atomic mass is 10.0. The Hall–Kier alpha value is -0.640. The number of nitrogens with one attached hydrogen (secondary N) is 1. The van der Waals surface area contributed by atoms with Crippen molar-refractivity contribution in [1.82, 2.24) is 5.32 Å². The highest BCUT2D eigenvalue weighted by atomic mass is 35.5. The lowest BCUT2D eigenvalue weighted by molar-refractivity contribution is 0.105. The number of benzene rings is 1. The van der Waals surface area contributed by atoms with E-state index in [1.807, 2.05) is 0 Å². The summed E-state index contributed by atoms with van der Waals surface area (Å²) in [6.45, 7) is 5.93. The number of hydrogen-bond donors (Lipinski definition) is 1. The van der Waals surface area contributed by atoms with Gasteiger partial charge in [0.15, 0.2) is 0 Å². The number of rotatable bonds is 4. The molecule has 1 saturated heterocycles. The van der Waals surface area contributed by atoms with Crippen molar-refractivity contribution in [2.24, 2.45) is 5.92 Å². The lowest BCUT2D eigenvalue weighted by Gasteiger charge is -2.19. The van der Waals surface area contributed by atoms with E-state index in [-0.39, 0.29) is 16.9 Å². The van der Waals surface area contributed by atoms with Crippen molar-refractivity contribution in [3.05, 3.63) is 34.6 Å². The molecule has 0 amide bonds. The summed E-state index contributed by atoms with van der Waals surface area (Å²) in [5.74, 6) is 0.189. The molecule has 0 spiro atoms. The minimum absolute atomic E-state index is 0.163. The highest BCUT2D eigenvalue weighted by molar-refractivity contribution is 6.30. The fraction of sp³-hybridized carbons (Fsp3) is 0.571. The first-order valence-corrected chi connectivity index (χ1v) is 6.75. The van der Waals surface area contributed by atoms with Crippen LogP contribution in [0.25, 0.3) is 0 Å². The van der Waals surface area contributed by atoms with Crippen molar-refractivity contribution in [3.63, 3.8) is 0 Å². The van der Waals surface area contributed by atoms with E-state index in [0.717, 1.165) is 25.1 Å². The molecule has 0 bridgehead atoms. The van der Waals surface area contributed by atoms with Crippen LogP contribution in [0.3, 0.4) is 0 Å². The molecule has 1 heterocycles. The second kappa shape index (κ2) is 6.00. The Labute approximate surface area is 112 Å². The van der Waals surface area contributed by atoms with Gasteiger partial charge in [-0.1, -0.05) is 17.7 Å². The first-order chi connectivity index (χ1) is 8.58. The summed E-state index contributed by atoms with van der Waals surface area (Å²) in [6, 6.07) is 5.03. The second-order valence-corrected chi connectivity index (χ2v) is 5.34. The number of hydrogen-bond acceptors (Lipinski definition) is 2. The Morgan fingerprint density at radius 1 is 1.56 bits per heavy atom. The average Bonchev–Trinajstić information content (AvgIpc) is 2.75. The van der Waals surface area contributed by atoms with E-state index in [4.69, 9.17) is 16.3 Å². The van der Waals surface area contributed by atoms with E-state index in [0.29, 0.717) is 12.0 Å². The molecule has 0 radical (unpaired) electrons. The topological polar surface area (TPSA) is 21.3 Å². The van der Waals surface area contributed by atoms with Crippen molar-refractivity contribution in [1.29, 1.82) is 0 Å². The molecular formula is C14H19ClFNO. The fourth-order valence-electron chi connectivity index (χ4n) is 2.27. The minimum Gasteiger partial charge on any atom is -0.378 e. The molecule has 1 fully saturated rings. The van der Waals surface area contributed by atoms with E-state index in [1.54, 1.807) is 12.1 Å². The maximum atomic E-state index is 13.1. The van der Waals surface area contributed by atoms with Gasteiger partial charge in [-0.25, -0.2) is 4.39 Å². The summed E-state index contributed by atoms with van der Waals surface area (Å²) >= 11 is 5.79. The normalized spacial score (nSPS) is 25.3. The summed E-state index contributed by atoms with van der Waals surface area (Å²) < 4.78 is 18.6. The van der Waals surface area contributed by atoms with Gasteiger partial charge in [0.25, 0.3) is 0 Å². The molecule has 4 heteroatoms. The average molecular weight is 272 g/mol. The molecule has 1 N–H and O–H groups in total. The van der Waals surface area contributed by atoms with Crippen LogP contribution in [0, 0.1) is 11.7 Å². The lowest BCUT2D eigenvalue weighted by Crippen LogP contribution is -2.29. The molecule has 1 aromatic rings. The molecule has 3 unspecified atom stereocenters. The predicted octanol–water partition coefficient (Wildman–Crippen LogP) is 3.55. The summed E-state index contributed by atoms with van der Waals surface area (Å²) in [5, 5.41) is 3.64. The molecule has 3 atom stereocenters. The van der Waals surface area contributed by atoms with Crippen LogP contribution in [0.1, 0.15) is 31.9 Å². The van der Waals surface area contributed by atoms with Gasteiger partial charge in [0.2, 0.25) is 0 Å². The Morgan fingerprint density at radius 3 is 2.94 bits per heavy atom. The van der Waals surface area contributed by atoms with Gasteiger partial charge in [-0.2, -0.15) is 0 Å². The van der Waals surface area contributed by atoms with Crippen LogP contribution in [0.15, 0.2) is 18.2 Å². The van der Waals surface area contributed by atoms with Gasteiger partial charge in [0.05, 0.1) is 11.1 Å². The van der Waals surface area contributed by atoms with Gasteiger partial charge in [-0.15, -0.1) is 0 Å². The molecular weight excluding hydrogens is 253 g/mol. The van der Waals surface area contributed by atoms with Crippen LogP contribution in [0.2, 0.25) is 5.02 Å². The Balaban J connectivity index is 1.90. The maximum Gasteiger partial charge on any atom is 0.141 e. The van der Waals surface area contributed by atoms with E-state index in [1.165, 1.54) is 6.07 Å². The van der Waals surface area contributed by atoms with Crippen molar-refractivity contribution in [3.8, 4) is 0 Å². The second-order valence-electron chi connectivity index (χ2n) is 4.93. The summed E-state index contributed by atoms with van der Waals surface area (Å²) in [6.07, 6.45) is 1.42. The first kappa shape index (κ1) is 13.8. The van der Waals surface area contributed by atoms with Gasteiger partial charge in [0, 0.05) is 19.2 Å². The van der Waals surface area contributed by atoms with Crippen LogP contribution >= 0.6 is 11.6 Å². The summed E-state index contributed by atoms with van der Waals surface area (Å²) in [7, 11) is 0. The molecule has 100 valence electrons. The van der Waals surface area contributed by atoms with Gasteiger partial charge < -0.3 is 10.1 Å². The molecule has 1 aliphatic heterocycles. The van der Waals surface area contributed by atoms with Crippen molar-refractivity contribution >= 4 is 11.6 Å². The largest absolute Gasteiger partial charge is 0.378 e. The van der Waals surface area contributed by atoms with E-state index >= 15 is 0 Å². The Kier molecular flexibility index (Phi) is 4.60. The molecule has 1 aromatic carbocycles. The van der Waals surface area contributed by atoms with Gasteiger partial charge >= 0.3 is 0 Å². The Bertz CT molecular complexity index is 413. The highest BCUT2D eigenvalue weighted by Crippen LogP contribution is 2.23. The highest BCUT2D eigenvalue weighted by Gasteiger charge is 2.24. The van der Waals surface area contributed by atoms with Crippen LogP contribution in [0.5, 0.6) is 0 Å². The fourth-order valence-corrected chi connectivity index (χ4v) is 2.46. The van der Waals surface area contributed by atoms with Gasteiger partial charge in [0.1, 0.15) is 5.82 Å². The molecule has 2 rings (SSSR count). The zero-order valence-corrected chi connectivity index (χ0v) is 11.5. The third-order valence-corrected chi connectivity index (χ3v) is 3.95. The monoisotopic (exact) mass is 271 g/mol. The smallest absolute Gasteiger partial charge is 0.141 e. The third-order valence-electron chi connectivity index (χ3n) is 3.66. The van der Waals surface area contributed by atoms with Crippen LogP contribution in [0.4, 0.5) is 4.39 Å². The van der Waals surface area contributed by atoms with Crippen LogP contribution in [-0.4, -0.2) is 19.3 Å². The molecule has 1 aliphatic rings. The van der Waals surface area contributed by atoms with E-state index < -0.39 is 0 Å². The molecule has 2 nitrogen and oxygen atoms in total.